The molecule has 6 rings (SSSR count). The first-order valence-corrected chi connectivity index (χ1v) is 13.9. The Morgan fingerprint density at radius 2 is 1.57 bits per heavy atom. The molecule has 2 aliphatic rings. The molecule has 37 heavy (non-hydrogen) atoms. The van der Waals surface area contributed by atoms with Crippen molar-refractivity contribution >= 4 is 49.2 Å². The van der Waals surface area contributed by atoms with Gasteiger partial charge in [0.15, 0.2) is 5.54 Å². The van der Waals surface area contributed by atoms with E-state index < -0.39 is 5.54 Å². The normalized spacial score (nSPS) is 22.0. The van der Waals surface area contributed by atoms with Crippen LogP contribution in [-0.4, -0.2) is 19.2 Å². The average Bonchev–Trinajstić information content (AvgIpc) is 3.24. The Hall–Kier alpha value is -3.09. The Bertz CT molecular complexity index is 1430. The minimum atomic E-state index is -1.04. The van der Waals surface area contributed by atoms with E-state index in [1.165, 1.54) is 12.7 Å². The summed E-state index contributed by atoms with van der Waals surface area (Å²) in [6, 6.07) is 35.2. The van der Waals surface area contributed by atoms with E-state index in [9.17, 15) is 4.79 Å². The van der Waals surface area contributed by atoms with Gasteiger partial charge in [-0.05, 0) is 59.5 Å². The molecule has 1 saturated heterocycles. The molecule has 186 valence electrons. The fourth-order valence-corrected chi connectivity index (χ4v) is 7.16. The second-order valence-electron chi connectivity index (χ2n) is 9.53. The van der Waals surface area contributed by atoms with E-state index in [0.717, 1.165) is 44.4 Å². The fraction of sp³-hybridized carbons (Fsp3) is 0.194. The molecule has 1 fully saturated rings. The number of carbonyl (C=O) groups is 1. The molecule has 0 unspecified atom stereocenters. The molecule has 4 aromatic carbocycles. The summed E-state index contributed by atoms with van der Waals surface area (Å²) in [5, 5.41) is 0. The number of hydrogen-bond acceptors (Lipinski definition) is 4. The SMILES string of the molecule is COC(=O)[C@]1(c2ccccc2)[C@H]2C[C@@H](N(Cc3ccccc3)c3cccc(Br)c32)N1c1ccc(Br)cc1. The number of halogens is 2. The van der Waals surface area contributed by atoms with E-state index >= 15 is 0 Å². The van der Waals surface area contributed by atoms with Crippen LogP contribution in [0.5, 0.6) is 0 Å². The van der Waals surface area contributed by atoms with Crippen LogP contribution >= 0.6 is 31.9 Å². The lowest BCUT2D eigenvalue weighted by molar-refractivity contribution is -0.148. The van der Waals surface area contributed by atoms with Gasteiger partial charge in [0.05, 0.1) is 7.11 Å². The zero-order chi connectivity index (χ0) is 25.6. The van der Waals surface area contributed by atoms with E-state index in [2.05, 4.69) is 108 Å². The standard InChI is InChI=1S/C31H26Br2N2O2/c1-37-30(36)31(22-11-6-3-7-12-22)25-19-28(35(31)24-17-15-23(32)16-18-24)34(20-21-9-4-2-5-10-21)27-14-8-13-26(33)29(25)27/h2-18,25,28H,19-20H2,1H3/t25-,28-,31-/m0/s1. The molecule has 0 aliphatic carbocycles. The monoisotopic (exact) mass is 616 g/mol. The van der Waals surface area contributed by atoms with Crippen LogP contribution in [0.1, 0.15) is 29.0 Å². The molecule has 4 nitrogen and oxygen atoms in total. The van der Waals surface area contributed by atoms with E-state index in [1.807, 2.05) is 36.4 Å². The molecule has 6 heteroatoms. The molecule has 0 amide bonds. The van der Waals surface area contributed by atoms with Crippen LogP contribution in [0.2, 0.25) is 0 Å². The first-order chi connectivity index (χ1) is 18.1. The fourth-order valence-electron chi connectivity index (χ4n) is 6.26. The molecule has 2 heterocycles. The van der Waals surface area contributed by atoms with Crippen molar-refractivity contribution < 1.29 is 9.53 Å². The van der Waals surface area contributed by atoms with E-state index in [-0.39, 0.29) is 18.1 Å². The first kappa shape index (κ1) is 24.3. The molecular weight excluding hydrogens is 592 g/mol. The third-order valence-electron chi connectivity index (χ3n) is 7.69. The number of hydrogen-bond donors (Lipinski definition) is 0. The van der Waals surface area contributed by atoms with E-state index in [1.54, 1.807) is 0 Å². The number of anilines is 2. The third kappa shape index (κ3) is 3.80. The summed E-state index contributed by atoms with van der Waals surface area (Å²) in [7, 11) is 1.50. The number of carbonyl (C=O) groups excluding carboxylic acids is 1. The Balaban J connectivity index is 1.66. The molecule has 4 aromatic rings. The molecule has 0 radical (unpaired) electrons. The van der Waals surface area contributed by atoms with Crippen LogP contribution in [0, 0.1) is 0 Å². The highest BCUT2D eigenvalue weighted by atomic mass is 79.9. The number of esters is 1. The summed E-state index contributed by atoms with van der Waals surface area (Å²) in [6.07, 6.45) is 0.718. The van der Waals surface area contributed by atoms with Crippen molar-refractivity contribution in [3.8, 4) is 0 Å². The van der Waals surface area contributed by atoms with E-state index in [4.69, 9.17) is 4.74 Å². The molecule has 2 aliphatic heterocycles. The van der Waals surface area contributed by atoms with Crippen LogP contribution in [0.15, 0.2) is 112 Å². The summed E-state index contributed by atoms with van der Waals surface area (Å²) in [5.41, 5.74) is 4.37. The van der Waals surface area contributed by atoms with Crippen molar-refractivity contribution in [2.24, 2.45) is 0 Å². The lowest BCUT2D eigenvalue weighted by atomic mass is 9.73. The molecule has 0 saturated carbocycles. The Kier molecular flexibility index (Phi) is 6.33. The highest BCUT2D eigenvalue weighted by Gasteiger charge is 2.64. The highest BCUT2D eigenvalue weighted by Crippen LogP contribution is 2.61. The van der Waals surface area contributed by atoms with Crippen LogP contribution in [0.3, 0.4) is 0 Å². The van der Waals surface area contributed by atoms with Crippen LogP contribution in [0.4, 0.5) is 11.4 Å². The lowest BCUT2D eigenvalue weighted by Gasteiger charge is -2.44. The molecule has 2 bridgehead atoms. The molecular formula is C31H26Br2N2O2. The number of ether oxygens (including phenoxy) is 1. The van der Waals surface area contributed by atoms with Gasteiger partial charge < -0.3 is 14.5 Å². The average molecular weight is 618 g/mol. The van der Waals surface area contributed by atoms with Gasteiger partial charge in [0.25, 0.3) is 0 Å². The van der Waals surface area contributed by atoms with Crippen molar-refractivity contribution in [1.29, 1.82) is 0 Å². The smallest absolute Gasteiger partial charge is 0.337 e. The van der Waals surface area contributed by atoms with Gasteiger partial charge in [0.1, 0.15) is 6.17 Å². The van der Waals surface area contributed by atoms with Crippen molar-refractivity contribution in [1.82, 2.24) is 0 Å². The first-order valence-electron chi connectivity index (χ1n) is 12.3. The zero-order valence-corrected chi connectivity index (χ0v) is 23.5. The van der Waals surface area contributed by atoms with Crippen molar-refractivity contribution in [3.05, 3.63) is 129 Å². The quantitative estimate of drug-likeness (QED) is 0.216. The predicted molar refractivity (Wildman–Crippen MR) is 155 cm³/mol. The van der Waals surface area contributed by atoms with Gasteiger partial charge in [-0.15, -0.1) is 0 Å². The molecule has 0 aromatic heterocycles. The summed E-state index contributed by atoms with van der Waals surface area (Å²) in [6.45, 7) is 0.723. The number of rotatable bonds is 5. The van der Waals surface area contributed by atoms with Gasteiger partial charge in [-0.1, -0.05) is 98.6 Å². The van der Waals surface area contributed by atoms with Crippen LogP contribution in [-0.2, 0) is 21.6 Å². The Morgan fingerprint density at radius 1 is 0.892 bits per heavy atom. The second kappa shape index (κ2) is 9.66. The summed E-state index contributed by atoms with van der Waals surface area (Å²) in [4.78, 5) is 19.0. The van der Waals surface area contributed by atoms with Gasteiger partial charge in [-0.3, -0.25) is 0 Å². The maximum Gasteiger partial charge on any atom is 0.337 e. The van der Waals surface area contributed by atoms with Gasteiger partial charge in [-0.2, -0.15) is 0 Å². The largest absolute Gasteiger partial charge is 0.467 e. The topological polar surface area (TPSA) is 32.8 Å². The summed E-state index contributed by atoms with van der Waals surface area (Å²) >= 11 is 7.46. The van der Waals surface area contributed by atoms with Gasteiger partial charge in [0.2, 0.25) is 0 Å². The third-order valence-corrected chi connectivity index (χ3v) is 8.91. The molecule has 0 spiro atoms. The van der Waals surface area contributed by atoms with Gasteiger partial charge in [-0.25, -0.2) is 4.79 Å². The zero-order valence-electron chi connectivity index (χ0n) is 20.4. The summed E-state index contributed by atoms with van der Waals surface area (Å²) in [5.74, 6) is -0.369. The minimum Gasteiger partial charge on any atom is -0.467 e. The Morgan fingerprint density at radius 3 is 2.24 bits per heavy atom. The number of methoxy groups -OCH3 is 1. The minimum absolute atomic E-state index is 0.0625. The number of fused-ring (bicyclic) bond motifs is 5. The maximum atomic E-state index is 14.2. The maximum absolute atomic E-state index is 14.2. The molecule has 0 N–H and O–H groups in total. The van der Waals surface area contributed by atoms with Crippen LogP contribution in [0.25, 0.3) is 0 Å². The second-order valence-corrected chi connectivity index (χ2v) is 11.3. The highest BCUT2D eigenvalue weighted by molar-refractivity contribution is 9.10. The number of nitrogens with zero attached hydrogens (tertiary/aromatic N) is 2. The molecule has 3 atom stereocenters. The van der Waals surface area contributed by atoms with Gasteiger partial charge in [0, 0.05) is 32.8 Å². The van der Waals surface area contributed by atoms with Gasteiger partial charge >= 0.3 is 5.97 Å². The van der Waals surface area contributed by atoms with Crippen molar-refractivity contribution in [2.75, 3.05) is 16.9 Å². The van der Waals surface area contributed by atoms with E-state index in [0.29, 0.717) is 0 Å². The van der Waals surface area contributed by atoms with Crippen molar-refractivity contribution in [3.63, 3.8) is 0 Å². The lowest BCUT2D eigenvalue weighted by Crippen LogP contribution is -2.56. The number of benzene rings is 4. The van der Waals surface area contributed by atoms with Crippen LogP contribution < -0.4 is 9.80 Å². The predicted octanol–water partition coefficient (Wildman–Crippen LogP) is 7.62. The Labute approximate surface area is 234 Å². The van der Waals surface area contributed by atoms with Crippen molar-refractivity contribution in [2.45, 2.75) is 30.6 Å². The summed E-state index contributed by atoms with van der Waals surface area (Å²) < 4.78 is 7.66.